The molecule has 24 heavy (non-hydrogen) atoms. The highest BCUT2D eigenvalue weighted by atomic mass is 35.5. The zero-order valence-corrected chi connectivity index (χ0v) is 14.0. The average Bonchev–Trinajstić information content (AvgIpc) is 3.09. The molecular weight excluding hydrogens is 351 g/mol. The van der Waals surface area contributed by atoms with Crippen LogP contribution in [0.5, 0.6) is 0 Å². The molecule has 2 heterocycles. The first-order valence-electron chi connectivity index (χ1n) is 6.78. The van der Waals surface area contributed by atoms with E-state index in [1.165, 1.54) is 18.4 Å². The van der Waals surface area contributed by atoms with Gasteiger partial charge < -0.3 is 9.67 Å². The van der Waals surface area contributed by atoms with Crippen LogP contribution in [0.15, 0.2) is 35.7 Å². The van der Waals surface area contributed by atoms with Gasteiger partial charge in [0, 0.05) is 12.6 Å². The molecule has 0 radical (unpaired) electrons. The molecule has 0 unspecified atom stereocenters. The van der Waals surface area contributed by atoms with Crippen molar-refractivity contribution < 1.29 is 14.3 Å². The number of carboxylic acid groups (broad SMARTS) is 1. The predicted molar refractivity (Wildman–Crippen MR) is 92.4 cm³/mol. The maximum absolute atomic E-state index is 14.2. The van der Waals surface area contributed by atoms with Crippen LogP contribution in [0.4, 0.5) is 10.1 Å². The summed E-state index contributed by atoms with van der Waals surface area (Å²) >= 11 is 7.60. The van der Waals surface area contributed by atoms with Crippen LogP contribution in [0.2, 0.25) is 5.02 Å². The van der Waals surface area contributed by atoms with Crippen LogP contribution in [0, 0.1) is 12.5 Å². The Kier molecular flexibility index (Phi) is 4.14. The number of hydrogen-bond donors (Lipinski definition) is 1. The molecule has 1 N–H and O–H groups in total. The van der Waals surface area contributed by atoms with Crippen LogP contribution in [-0.2, 0) is 7.05 Å². The summed E-state index contributed by atoms with van der Waals surface area (Å²) in [5, 5.41) is 11.9. The summed E-state index contributed by atoms with van der Waals surface area (Å²) in [7, 11) is 1.29. The number of hydrogen-bond acceptors (Lipinski definition) is 2. The van der Waals surface area contributed by atoms with Crippen molar-refractivity contribution in [1.29, 1.82) is 0 Å². The van der Waals surface area contributed by atoms with Crippen molar-refractivity contribution in [2.45, 2.75) is 0 Å². The number of carbonyl (C=O) groups is 1. The molecule has 0 saturated heterocycles. The van der Waals surface area contributed by atoms with E-state index in [1.807, 2.05) is 5.38 Å². The minimum absolute atomic E-state index is 0.0846. The van der Waals surface area contributed by atoms with E-state index in [0.29, 0.717) is 10.6 Å². The molecule has 7 heteroatoms. The van der Waals surface area contributed by atoms with E-state index >= 15 is 0 Å². The summed E-state index contributed by atoms with van der Waals surface area (Å²) in [5.41, 5.74) is 0.879. The molecule has 0 bridgehead atoms. The van der Waals surface area contributed by atoms with Gasteiger partial charge in [0.1, 0.15) is 5.69 Å². The summed E-state index contributed by atoms with van der Waals surface area (Å²) in [6, 6.07) is 8.68. The maximum Gasteiger partial charge on any atom is 0.351 e. The molecule has 0 spiro atoms. The van der Waals surface area contributed by atoms with Crippen LogP contribution in [0.1, 0.15) is 10.5 Å². The molecule has 0 atom stereocenters. The second kappa shape index (κ2) is 6.11. The summed E-state index contributed by atoms with van der Waals surface area (Å²) in [6.07, 6.45) is 0. The molecule has 3 aromatic rings. The number of thiophene rings is 1. The van der Waals surface area contributed by atoms with E-state index in [-0.39, 0.29) is 16.9 Å². The van der Waals surface area contributed by atoms with Crippen molar-refractivity contribution in [2.24, 2.45) is 7.05 Å². The van der Waals surface area contributed by atoms with E-state index in [4.69, 9.17) is 18.2 Å². The maximum atomic E-state index is 14.2. The fourth-order valence-electron chi connectivity index (χ4n) is 2.55. The number of nitrogens with zero attached hydrogens (tertiary/aromatic N) is 2. The largest absolute Gasteiger partial charge is 0.477 e. The number of benzene rings is 1. The Balaban J connectivity index is 2.17. The Morgan fingerprint density at radius 2 is 1.92 bits per heavy atom. The second-order valence-electron chi connectivity index (χ2n) is 5.01. The number of rotatable bonds is 3. The Morgan fingerprint density at radius 1 is 1.29 bits per heavy atom. The Labute approximate surface area is 146 Å². The first kappa shape index (κ1) is 16.2. The van der Waals surface area contributed by atoms with E-state index in [0.717, 1.165) is 15.0 Å². The SMILES string of the molecule is [C-]#[N+]c1c(-c2ccc(-c3sccc3Cl)cc2)c(C(=O)O)n(C)c1F. The topological polar surface area (TPSA) is 46.6 Å². The van der Waals surface area contributed by atoms with Gasteiger partial charge in [0.2, 0.25) is 11.6 Å². The first-order valence-corrected chi connectivity index (χ1v) is 8.04. The third-order valence-corrected chi connectivity index (χ3v) is 5.06. The van der Waals surface area contributed by atoms with Crippen LogP contribution >= 0.6 is 22.9 Å². The summed E-state index contributed by atoms with van der Waals surface area (Å²) < 4.78 is 15.0. The van der Waals surface area contributed by atoms with Gasteiger partial charge in [-0.25, -0.2) is 14.0 Å². The van der Waals surface area contributed by atoms with Gasteiger partial charge in [0.15, 0.2) is 0 Å². The second-order valence-corrected chi connectivity index (χ2v) is 6.34. The van der Waals surface area contributed by atoms with Gasteiger partial charge in [-0.2, -0.15) is 0 Å². The standard InChI is InChI=1S/C17H10ClFN2O2S/c1-20-13-12(14(17(22)23)21(2)16(13)19)9-3-5-10(6-4-9)15-11(18)7-8-24-15/h3-8H,2H3,(H,22,23). The fourth-order valence-corrected chi connectivity index (χ4v) is 3.73. The summed E-state index contributed by atoms with van der Waals surface area (Å²) in [6.45, 7) is 7.17. The van der Waals surface area contributed by atoms with Gasteiger partial charge in [-0.3, -0.25) is 0 Å². The average molecular weight is 361 g/mol. The van der Waals surface area contributed by atoms with E-state index in [2.05, 4.69) is 4.85 Å². The minimum Gasteiger partial charge on any atom is -0.477 e. The van der Waals surface area contributed by atoms with E-state index in [1.54, 1.807) is 30.3 Å². The molecule has 0 aliphatic carbocycles. The fraction of sp³-hybridized carbons (Fsp3) is 0.0588. The van der Waals surface area contributed by atoms with Crippen molar-refractivity contribution in [1.82, 2.24) is 4.57 Å². The molecule has 1 aromatic carbocycles. The Morgan fingerprint density at radius 3 is 2.42 bits per heavy atom. The van der Waals surface area contributed by atoms with Crippen molar-refractivity contribution in [3.8, 4) is 21.6 Å². The van der Waals surface area contributed by atoms with Gasteiger partial charge in [0.05, 0.1) is 16.5 Å². The Bertz CT molecular complexity index is 983. The lowest BCUT2D eigenvalue weighted by Gasteiger charge is -2.06. The third-order valence-electron chi connectivity index (χ3n) is 3.67. The molecule has 120 valence electrons. The van der Waals surface area contributed by atoms with Gasteiger partial charge in [-0.15, -0.1) is 11.3 Å². The number of aromatic carboxylic acids is 1. The lowest BCUT2D eigenvalue weighted by Crippen LogP contribution is -2.07. The number of halogens is 2. The minimum atomic E-state index is -1.29. The predicted octanol–water partition coefficient (Wildman–Crippen LogP) is 5.46. The van der Waals surface area contributed by atoms with Crippen LogP contribution < -0.4 is 0 Å². The van der Waals surface area contributed by atoms with Gasteiger partial charge >= 0.3 is 5.97 Å². The highest BCUT2D eigenvalue weighted by Crippen LogP contribution is 2.40. The normalized spacial score (nSPS) is 10.6. The van der Waals surface area contributed by atoms with Crippen LogP contribution in [0.3, 0.4) is 0 Å². The molecule has 0 saturated carbocycles. The summed E-state index contributed by atoms with van der Waals surface area (Å²) in [4.78, 5) is 15.6. The lowest BCUT2D eigenvalue weighted by atomic mass is 10.0. The molecule has 2 aromatic heterocycles. The van der Waals surface area contributed by atoms with Crippen molar-refractivity contribution in [3.63, 3.8) is 0 Å². The highest BCUT2D eigenvalue weighted by molar-refractivity contribution is 7.14. The van der Waals surface area contributed by atoms with Crippen molar-refractivity contribution in [3.05, 3.63) is 63.8 Å². The van der Waals surface area contributed by atoms with Crippen molar-refractivity contribution >= 4 is 34.6 Å². The van der Waals surface area contributed by atoms with E-state index < -0.39 is 11.9 Å². The Hall–Kier alpha value is -2.62. The number of carboxylic acids is 1. The molecule has 0 aliphatic heterocycles. The van der Waals surface area contributed by atoms with Crippen LogP contribution in [0.25, 0.3) is 26.4 Å². The van der Waals surface area contributed by atoms with Gasteiger partial charge in [-0.1, -0.05) is 35.9 Å². The first-order chi connectivity index (χ1) is 11.5. The number of aromatic nitrogens is 1. The van der Waals surface area contributed by atoms with Gasteiger partial charge in [-0.05, 0) is 22.6 Å². The van der Waals surface area contributed by atoms with Crippen LogP contribution in [-0.4, -0.2) is 15.6 Å². The van der Waals surface area contributed by atoms with E-state index in [9.17, 15) is 14.3 Å². The monoisotopic (exact) mass is 360 g/mol. The molecule has 0 fully saturated rings. The third kappa shape index (κ3) is 2.48. The molecular formula is C17H10ClFN2O2S. The molecule has 0 aliphatic rings. The molecule has 4 nitrogen and oxygen atoms in total. The molecule has 3 rings (SSSR count). The molecule has 0 amide bonds. The summed E-state index contributed by atoms with van der Waals surface area (Å²) in [5.74, 6) is -2.14. The quantitative estimate of drug-likeness (QED) is 0.630. The van der Waals surface area contributed by atoms with Crippen molar-refractivity contribution in [2.75, 3.05) is 0 Å². The zero-order valence-electron chi connectivity index (χ0n) is 12.4. The smallest absolute Gasteiger partial charge is 0.351 e. The van der Waals surface area contributed by atoms with Gasteiger partial charge in [0.25, 0.3) is 0 Å². The highest BCUT2D eigenvalue weighted by Gasteiger charge is 2.26. The lowest BCUT2D eigenvalue weighted by molar-refractivity contribution is 0.0686. The zero-order chi connectivity index (χ0) is 17.4.